The average Bonchev–Trinajstić information content (AvgIpc) is 3.08. The molecule has 3 N–H and O–H groups in total. The maximum absolute atomic E-state index is 12.5. The van der Waals surface area contributed by atoms with Crippen molar-refractivity contribution >= 4 is 32.6 Å². The van der Waals surface area contributed by atoms with Crippen molar-refractivity contribution in [3.05, 3.63) is 65.4 Å². The molecule has 7 heteroatoms. The second-order valence-electron chi connectivity index (χ2n) is 7.84. The topological polar surface area (TPSA) is 91.1 Å². The van der Waals surface area contributed by atoms with Crippen molar-refractivity contribution in [1.29, 1.82) is 0 Å². The Morgan fingerprint density at radius 1 is 1.00 bits per heavy atom. The highest BCUT2D eigenvalue weighted by atomic mass is 32.2. The Kier molecular flexibility index (Phi) is 5.98. The van der Waals surface area contributed by atoms with Crippen LogP contribution >= 0.6 is 0 Å². The van der Waals surface area contributed by atoms with Crippen molar-refractivity contribution in [1.82, 2.24) is 9.71 Å². The number of sulfonamides is 1. The quantitative estimate of drug-likeness (QED) is 0.527. The Balaban J connectivity index is 1.77. The largest absolute Gasteiger partial charge is 0.361 e. The number of benzene rings is 2. The molecule has 29 heavy (non-hydrogen) atoms. The number of hydrogen-bond donors (Lipinski definition) is 3. The number of urea groups is 1. The van der Waals surface area contributed by atoms with Crippen LogP contribution in [0.2, 0.25) is 0 Å². The number of hydrogen-bond acceptors (Lipinski definition) is 3. The predicted octanol–water partition coefficient (Wildman–Crippen LogP) is 5.07. The fraction of sp³-hybridized carbons (Fsp3) is 0.318. The van der Waals surface area contributed by atoms with Crippen molar-refractivity contribution in [2.75, 3.05) is 5.32 Å². The van der Waals surface area contributed by atoms with Gasteiger partial charge in [0.15, 0.2) is 0 Å². The van der Waals surface area contributed by atoms with Gasteiger partial charge in [-0.3, -0.25) is 0 Å². The molecule has 2 amide bonds. The molecule has 0 fully saturated rings. The molecule has 0 aliphatic carbocycles. The Hall–Kier alpha value is -2.80. The van der Waals surface area contributed by atoms with E-state index >= 15 is 0 Å². The van der Waals surface area contributed by atoms with Gasteiger partial charge in [0.05, 0.1) is 5.75 Å². The summed E-state index contributed by atoms with van der Waals surface area (Å²) in [5.41, 5.74) is 4.08. The Labute approximate surface area is 171 Å². The number of para-hydroxylation sites is 1. The van der Waals surface area contributed by atoms with Crippen LogP contribution in [0.1, 0.15) is 56.2 Å². The molecule has 0 saturated heterocycles. The second-order valence-corrected chi connectivity index (χ2v) is 9.56. The summed E-state index contributed by atoms with van der Waals surface area (Å²) < 4.78 is 27.2. The summed E-state index contributed by atoms with van der Waals surface area (Å²) in [4.78, 5) is 15.6. The molecule has 0 spiro atoms. The summed E-state index contributed by atoms with van der Waals surface area (Å²) in [6, 6.07) is 12.4. The van der Waals surface area contributed by atoms with Gasteiger partial charge < -0.3 is 10.3 Å². The van der Waals surface area contributed by atoms with E-state index in [1.807, 2.05) is 58.0 Å². The van der Waals surface area contributed by atoms with E-state index in [-0.39, 0.29) is 17.6 Å². The lowest BCUT2D eigenvalue weighted by molar-refractivity contribution is 0.256. The van der Waals surface area contributed by atoms with Gasteiger partial charge in [-0.1, -0.05) is 58.0 Å². The molecular formula is C22H27N3O3S. The van der Waals surface area contributed by atoms with Crippen molar-refractivity contribution in [2.24, 2.45) is 0 Å². The minimum absolute atomic E-state index is 0.188. The molecule has 0 radical (unpaired) electrons. The fourth-order valence-electron chi connectivity index (χ4n) is 3.42. The van der Waals surface area contributed by atoms with Gasteiger partial charge in [0.2, 0.25) is 10.0 Å². The van der Waals surface area contributed by atoms with Crippen LogP contribution in [0, 0.1) is 0 Å². The maximum atomic E-state index is 12.5. The first-order valence-electron chi connectivity index (χ1n) is 9.66. The van der Waals surface area contributed by atoms with Crippen molar-refractivity contribution < 1.29 is 13.2 Å². The fourth-order valence-corrected chi connectivity index (χ4v) is 4.44. The lowest BCUT2D eigenvalue weighted by Gasteiger charge is -2.20. The zero-order valence-corrected chi connectivity index (χ0v) is 17.9. The van der Waals surface area contributed by atoms with Gasteiger partial charge in [-0.05, 0) is 46.0 Å². The molecule has 0 aliphatic heterocycles. The number of carbonyl (C=O) groups is 1. The van der Waals surface area contributed by atoms with Crippen molar-refractivity contribution in [3.63, 3.8) is 0 Å². The summed E-state index contributed by atoms with van der Waals surface area (Å²) in [7, 11) is -3.85. The third-order valence-corrected chi connectivity index (χ3v) is 6.05. The summed E-state index contributed by atoms with van der Waals surface area (Å²) >= 11 is 0. The van der Waals surface area contributed by atoms with Gasteiger partial charge in [-0.25, -0.2) is 17.9 Å². The number of aromatic amines is 1. The van der Waals surface area contributed by atoms with Gasteiger partial charge in [0, 0.05) is 17.4 Å². The molecule has 3 rings (SSSR count). The van der Waals surface area contributed by atoms with E-state index < -0.39 is 16.1 Å². The molecule has 0 aliphatic rings. The standard InChI is InChI=1S/C22H27N3O3S/c1-14(2)18-6-5-7-19(15(3)4)21(18)24-22(26)25-29(27,28)13-16-8-9-17-10-11-23-20(17)12-16/h5-12,14-15,23H,13H2,1-4H3,(H2,24,25,26). The number of H-pyrrole nitrogens is 1. The van der Waals surface area contributed by atoms with Crippen LogP contribution in [0.25, 0.3) is 10.9 Å². The first-order chi connectivity index (χ1) is 13.7. The first kappa shape index (κ1) is 20.9. The van der Waals surface area contributed by atoms with E-state index in [9.17, 15) is 13.2 Å². The Bertz CT molecular complexity index is 1100. The number of carbonyl (C=O) groups excluding carboxylic acids is 1. The van der Waals surface area contributed by atoms with Crippen LogP contribution in [0.5, 0.6) is 0 Å². The van der Waals surface area contributed by atoms with E-state index in [1.54, 1.807) is 18.3 Å². The third kappa shape index (κ3) is 4.98. The van der Waals surface area contributed by atoms with E-state index in [0.717, 1.165) is 22.0 Å². The minimum atomic E-state index is -3.85. The molecule has 0 bridgehead atoms. The number of nitrogens with one attached hydrogen (secondary N) is 3. The normalized spacial score (nSPS) is 11.9. The number of anilines is 1. The van der Waals surface area contributed by atoms with Crippen LogP contribution in [-0.2, 0) is 15.8 Å². The van der Waals surface area contributed by atoms with Crippen LogP contribution in [0.4, 0.5) is 10.5 Å². The van der Waals surface area contributed by atoms with E-state index in [1.165, 1.54) is 0 Å². The monoisotopic (exact) mass is 413 g/mol. The van der Waals surface area contributed by atoms with Gasteiger partial charge >= 0.3 is 6.03 Å². The zero-order valence-electron chi connectivity index (χ0n) is 17.1. The third-order valence-electron chi connectivity index (χ3n) is 4.84. The summed E-state index contributed by atoms with van der Waals surface area (Å²) in [5.74, 6) is 0.0966. The highest BCUT2D eigenvalue weighted by Crippen LogP contribution is 2.32. The average molecular weight is 414 g/mol. The maximum Gasteiger partial charge on any atom is 0.332 e. The summed E-state index contributed by atoms with van der Waals surface area (Å²) in [5, 5.41) is 3.78. The molecule has 3 aromatic rings. The SMILES string of the molecule is CC(C)c1cccc(C(C)C)c1NC(=O)NS(=O)(=O)Cc1ccc2cc[nH]c2c1. The number of fused-ring (bicyclic) bond motifs is 1. The Morgan fingerprint density at radius 3 is 2.28 bits per heavy atom. The number of amides is 2. The van der Waals surface area contributed by atoms with E-state index in [4.69, 9.17) is 0 Å². The van der Waals surface area contributed by atoms with Crippen LogP contribution in [-0.4, -0.2) is 19.4 Å². The molecule has 1 aromatic heterocycles. The summed E-state index contributed by atoms with van der Waals surface area (Å²) in [6.45, 7) is 8.15. The molecular weight excluding hydrogens is 386 g/mol. The predicted molar refractivity (Wildman–Crippen MR) is 118 cm³/mol. The Morgan fingerprint density at radius 2 is 1.66 bits per heavy atom. The van der Waals surface area contributed by atoms with Gasteiger partial charge in [-0.2, -0.15) is 0 Å². The van der Waals surface area contributed by atoms with Gasteiger partial charge in [-0.15, -0.1) is 0 Å². The highest BCUT2D eigenvalue weighted by molar-refractivity contribution is 7.89. The molecule has 1 heterocycles. The zero-order chi connectivity index (χ0) is 21.2. The van der Waals surface area contributed by atoms with Crippen LogP contribution < -0.4 is 10.0 Å². The lowest BCUT2D eigenvalue weighted by Crippen LogP contribution is -2.35. The van der Waals surface area contributed by atoms with E-state index in [0.29, 0.717) is 11.3 Å². The first-order valence-corrected chi connectivity index (χ1v) is 11.3. The second kappa shape index (κ2) is 8.29. The molecule has 0 saturated carbocycles. The molecule has 0 atom stereocenters. The lowest BCUT2D eigenvalue weighted by atomic mass is 9.93. The van der Waals surface area contributed by atoms with Gasteiger partial charge in [0.25, 0.3) is 0 Å². The minimum Gasteiger partial charge on any atom is -0.361 e. The smallest absolute Gasteiger partial charge is 0.332 e. The van der Waals surface area contributed by atoms with Crippen LogP contribution in [0.15, 0.2) is 48.7 Å². The van der Waals surface area contributed by atoms with Crippen molar-refractivity contribution in [3.8, 4) is 0 Å². The number of rotatable bonds is 6. The molecule has 2 aromatic carbocycles. The molecule has 6 nitrogen and oxygen atoms in total. The number of aromatic nitrogens is 1. The highest BCUT2D eigenvalue weighted by Gasteiger charge is 2.20. The summed E-state index contributed by atoms with van der Waals surface area (Å²) in [6.07, 6.45) is 1.80. The van der Waals surface area contributed by atoms with E-state index in [2.05, 4.69) is 15.0 Å². The van der Waals surface area contributed by atoms with Crippen LogP contribution in [0.3, 0.4) is 0 Å². The van der Waals surface area contributed by atoms with Gasteiger partial charge in [0.1, 0.15) is 0 Å². The molecule has 154 valence electrons. The molecule has 0 unspecified atom stereocenters. The van der Waals surface area contributed by atoms with Crippen molar-refractivity contribution in [2.45, 2.75) is 45.3 Å².